The van der Waals surface area contributed by atoms with Crippen LogP contribution in [-0.4, -0.2) is 26.6 Å². The monoisotopic (exact) mass is 322 g/mol. The van der Waals surface area contributed by atoms with Crippen LogP contribution in [0.25, 0.3) is 11.3 Å². The molecule has 0 saturated carbocycles. The number of rotatable bonds is 4. The van der Waals surface area contributed by atoms with Crippen LogP contribution >= 0.6 is 0 Å². The summed E-state index contributed by atoms with van der Waals surface area (Å²) in [6.45, 7) is 5.92. The van der Waals surface area contributed by atoms with E-state index in [2.05, 4.69) is 44.3 Å². The van der Waals surface area contributed by atoms with Gasteiger partial charge in [-0.1, -0.05) is 18.2 Å². The molecular formula is C19H22N4O. The zero-order valence-corrected chi connectivity index (χ0v) is 14.1. The van der Waals surface area contributed by atoms with Crippen molar-refractivity contribution < 1.29 is 4.42 Å². The van der Waals surface area contributed by atoms with Crippen LogP contribution in [-0.2, 0) is 6.54 Å². The molecular weight excluding hydrogens is 300 g/mol. The van der Waals surface area contributed by atoms with E-state index < -0.39 is 0 Å². The maximum absolute atomic E-state index is 5.75. The van der Waals surface area contributed by atoms with Crippen molar-refractivity contribution in [2.24, 2.45) is 0 Å². The summed E-state index contributed by atoms with van der Waals surface area (Å²) in [5.74, 6) is 3.67. The number of benzene rings is 1. The number of likely N-dealkylation sites (tertiary alicyclic amines) is 1. The molecule has 0 amide bonds. The molecule has 1 fully saturated rings. The molecule has 5 heteroatoms. The normalized spacial score (nSPS) is 18.3. The Morgan fingerprint density at radius 2 is 2.17 bits per heavy atom. The van der Waals surface area contributed by atoms with Crippen LogP contribution in [0.3, 0.4) is 0 Å². The van der Waals surface area contributed by atoms with Gasteiger partial charge in [0, 0.05) is 12.1 Å². The summed E-state index contributed by atoms with van der Waals surface area (Å²) in [7, 11) is 0. The van der Waals surface area contributed by atoms with E-state index in [0.29, 0.717) is 6.04 Å². The molecule has 0 spiro atoms. The van der Waals surface area contributed by atoms with E-state index >= 15 is 0 Å². The second-order valence-corrected chi connectivity index (χ2v) is 6.52. The van der Waals surface area contributed by atoms with Crippen molar-refractivity contribution in [1.29, 1.82) is 0 Å². The van der Waals surface area contributed by atoms with Crippen LogP contribution in [0.1, 0.15) is 41.9 Å². The minimum atomic E-state index is 0.310. The Balaban J connectivity index is 1.54. The van der Waals surface area contributed by atoms with Crippen molar-refractivity contribution in [3.05, 3.63) is 59.4 Å². The van der Waals surface area contributed by atoms with Crippen molar-refractivity contribution in [2.45, 2.75) is 39.3 Å². The van der Waals surface area contributed by atoms with E-state index in [1.54, 1.807) is 0 Å². The molecule has 124 valence electrons. The molecule has 1 atom stereocenters. The Kier molecular flexibility index (Phi) is 3.94. The topological polar surface area (TPSA) is 58.0 Å². The lowest BCUT2D eigenvalue weighted by Gasteiger charge is -2.22. The number of hydrogen-bond donors (Lipinski definition) is 1. The smallest absolute Gasteiger partial charge is 0.167 e. The van der Waals surface area contributed by atoms with E-state index in [9.17, 15) is 0 Å². The van der Waals surface area contributed by atoms with Crippen LogP contribution in [0.5, 0.6) is 0 Å². The number of H-pyrrole nitrogens is 1. The largest absolute Gasteiger partial charge is 0.461 e. The highest BCUT2D eigenvalue weighted by Crippen LogP contribution is 2.32. The first-order valence-corrected chi connectivity index (χ1v) is 8.48. The SMILES string of the molecule is Cc1nc([C@@H]2CCCN2Cc2cccc(-c3ccc(C)o3)c2)n[nH]1. The molecule has 0 radical (unpaired) electrons. The summed E-state index contributed by atoms with van der Waals surface area (Å²) < 4.78 is 5.75. The molecule has 3 aromatic rings. The van der Waals surface area contributed by atoms with Crippen molar-refractivity contribution in [1.82, 2.24) is 20.1 Å². The molecule has 4 rings (SSSR count). The van der Waals surface area contributed by atoms with E-state index in [-0.39, 0.29) is 0 Å². The van der Waals surface area contributed by atoms with Crippen LogP contribution in [0.15, 0.2) is 40.8 Å². The quantitative estimate of drug-likeness (QED) is 0.788. The van der Waals surface area contributed by atoms with Gasteiger partial charge in [0.05, 0.1) is 6.04 Å². The van der Waals surface area contributed by atoms with Gasteiger partial charge in [0.15, 0.2) is 5.82 Å². The summed E-state index contributed by atoms with van der Waals surface area (Å²) in [6.07, 6.45) is 2.31. The number of aromatic nitrogens is 3. The van der Waals surface area contributed by atoms with E-state index in [0.717, 1.165) is 48.2 Å². The second kappa shape index (κ2) is 6.24. The van der Waals surface area contributed by atoms with Crippen molar-refractivity contribution in [3.63, 3.8) is 0 Å². The summed E-state index contributed by atoms with van der Waals surface area (Å²) >= 11 is 0. The molecule has 1 saturated heterocycles. The molecule has 3 heterocycles. The summed E-state index contributed by atoms with van der Waals surface area (Å²) in [6, 6.07) is 12.9. The first kappa shape index (κ1) is 15.1. The number of nitrogens with one attached hydrogen (secondary N) is 1. The third-order valence-corrected chi connectivity index (χ3v) is 4.61. The molecule has 1 aliphatic heterocycles. The van der Waals surface area contributed by atoms with Gasteiger partial charge in [-0.3, -0.25) is 10.00 Å². The van der Waals surface area contributed by atoms with Crippen molar-refractivity contribution in [2.75, 3.05) is 6.54 Å². The molecule has 0 bridgehead atoms. The average Bonchev–Trinajstić information content (AvgIpc) is 3.29. The first-order valence-electron chi connectivity index (χ1n) is 8.48. The van der Waals surface area contributed by atoms with Gasteiger partial charge >= 0.3 is 0 Å². The fourth-order valence-corrected chi connectivity index (χ4v) is 3.46. The lowest BCUT2D eigenvalue weighted by molar-refractivity contribution is 0.240. The van der Waals surface area contributed by atoms with Crippen molar-refractivity contribution in [3.8, 4) is 11.3 Å². The fraction of sp³-hybridized carbons (Fsp3) is 0.368. The van der Waals surface area contributed by atoms with E-state index in [1.807, 2.05) is 26.0 Å². The molecule has 0 aliphatic carbocycles. The maximum atomic E-state index is 5.75. The van der Waals surface area contributed by atoms with Gasteiger partial charge in [0.25, 0.3) is 0 Å². The minimum Gasteiger partial charge on any atom is -0.461 e. The molecule has 1 aliphatic rings. The molecule has 24 heavy (non-hydrogen) atoms. The van der Waals surface area contributed by atoms with Gasteiger partial charge in [0.2, 0.25) is 0 Å². The molecule has 0 unspecified atom stereocenters. The first-order chi connectivity index (χ1) is 11.7. The second-order valence-electron chi connectivity index (χ2n) is 6.52. The zero-order valence-electron chi connectivity index (χ0n) is 14.1. The third kappa shape index (κ3) is 2.99. The third-order valence-electron chi connectivity index (χ3n) is 4.61. The number of aromatic amines is 1. The number of aryl methyl sites for hydroxylation is 2. The van der Waals surface area contributed by atoms with Crippen LogP contribution in [0.2, 0.25) is 0 Å². The van der Waals surface area contributed by atoms with Gasteiger partial charge < -0.3 is 4.42 Å². The Morgan fingerprint density at radius 3 is 2.92 bits per heavy atom. The van der Waals surface area contributed by atoms with Crippen LogP contribution < -0.4 is 0 Å². The van der Waals surface area contributed by atoms with Gasteiger partial charge in [-0.05, 0) is 57.0 Å². The Morgan fingerprint density at radius 1 is 1.25 bits per heavy atom. The maximum Gasteiger partial charge on any atom is 0.167 e. The summed E-state index contributed by atoms with van der Waals surface area (Å²) in [5.41, 5.74) is 2.42. The Hall–Kier alpha value is -2.40. The predicted octanol–water partition coefficient (Wildman–Crippen LogP) is 4.02. The number of hydrogen-bond acceptors (Lipinski definition) is 4. The van der Waals surface area contributed by atoms with Gasteiger partial charge in [-0.25, -0.2) is 4.98 Å². The summed E-state index contributed by atoms with van der Waals surface area (Å²) in [5, 5.41) is 7.33. The standard InChI is InChI=1S/C19H22N4O/c1-13-8-9-18(24-13)16-6-3-5-15(11-16)12-23-10-4-7-17(23)19-20-14(2)21-22-19/h3,5-6,8-9,11,17H,4,7,10,12H2,1-2H3,(H,20,21,22)/t17-/m0/s1. The van der Waals surface area contributed by atoms with Crippen LogP contribution in [0, 0.1) is 13.8 Å². The highest BCUT2D eigenvalue weighted by atomic mass is 16.3. The molecule has 5 nitrogen and oxygen atoms in total. The Labute approximate surface area is 141 Å². The van der Waals surface area contributed by atoms with Crippen molar-refractivity contribution >= 4 is 0 Å². The highest BCUT2D eigenvalue weighted by Gasteiger charge is 2.29. The van der Waals surface area contributed by atoms with Gasteiger partial charge in [-0.2, -0.15) is 5.10 Å². The van der Waals surface area contributed by atoms with E-state index in [1.165, 1.54) is 12.0 Å². The number of nitrogens with zero attached hydrogens (tertiary/aromatic N) is 3. The zero-order chi connectivity index (χ0) is 16.5. The predicted molar refractivity (Wildman–Crippen MR) is 92.4 cm³/mol. The number of furan rings is 1. The van der Waals surface area contributed by atoms with Crippen LogP contribution in [0.4, 0.5) is 0 Å². The molecule has 1 N–H and O–H groups in total. The van der Waals surface area contributed by atoms with Gasteiger partial charge in [0.1, 0.15) is 17.3 Å². The highest BCUT2D eigenvalue weighted by molar-refractivity contribution is 5.58. The molecule has 2 aromatic heterocycles. The Bertz CT molecular complexity index is 835. The fourth-order valence-electron chi connectivity index (χ4n) is 3.46. The minimum absolute atomic E-state index is 0.310. The average molecular weight is 322 g/mol. The lowest BCUT2D eigenvalue weighted by atomic mass is 10.1. The van der Waals surface area contributed by atoms with Gasteiger partial charge in [-0.15, -0.1) is 0 Å². The lowest BCUT2D eigenvalue weighted by Crippen LogP contribution is -2.23. The summed E-state index contributed by atoms with van der Waals surface area (Å²) in [4.78, 5) is 7.00. The molecule has 1 aromatic carbocycles. The van der Waals surface area contributed by atoms with E-state index in [4.69, 9.17) is 4.42 Å².